The molecule has 0 bridgehead atoms. The Balaban J connectivity index is 1.39. The van der Waals surface area contributed by atoms with Gasteiger partial charge in [-0.15, -0.1) is 0 Å². The lowest BCUT2D eigenvalue weighted by Crippen LogP contribution is -2.20. The van der Waals surface area contributed by atoms with Crippen LogP contribution in [0.1, 0.15) is 24.5 Å². The minimum absolute atomic E-state index is 0.173. The van der Waals surface area contributed by atoms with Gasteiger partial charge in [0.1, 0.15) is 30.3 Å². The fourth-order valence-corrected chi connectivity index (χ4v) is 4.38. The maximum atomic E-state index is 12.9. The minimum atomic E-state index is -3.62. The van der Waals surface area contributed by atoms with Gasteiger partial charge in [-0.1, -0.05) is 36.8 Å². The lowest BCUT2D eigenvalue weighted by Gasteiger charge is -2.12. The van der Waals surface area contributed by atoms with E-state index in [0.29, 0.717) is 31.3 Å². The summed E-state index contributed by atoms with van der Waals surface area (Å²) in [6.45, 7) is 5.71. The number of hydrogen-bond acceptors (Lipinski definition) is 5. The van der Waals surface area contributed by atoms with Gasteiger partial charge in [-0.2, -0.15) is 0 Å². The molecule has 0 aliphatic carbocycles. The topological polar surface area (TPSA) is 65.1 Å². The van der Waals surface area contributed by atoms with Crippen LogP contribution < -0.4 is 9.47 Å². The van der Waals surface area contributed by atoms with Gasteiger partial charge in [0.2, 0.25) is 9.84 Å². The van der Waals surface area contributed by atoms with Crippen LogP contribution in [0, 0.1) is 6.92 Å². The number of epoxide rings is 1. The monoisotopic (exact) mass is 438 g/mol. The predicted octanol–water partition coefficient (Wildman–Crippen LogP) is 4.96. The van der Waals surface area contributed by atoms with Gasteiger partial charge in [-0.25, -0.2) is 8.42 Å². The Bertz CT molecular complexity index is 1110. The van der Waals surface area contributed by atoms with Crippen LogP contribution in [0.5, 0.6) is 11.5 Å². The SMILES string of the molecule is CCC1(COc2ccc(S(=O)(=O)c3ccc(OCc4ccc(C)cc4)cc3)cc2)CO1. The molecule has 6 heteroatoms. The summed E-state index contributed by atoms with van der Waals surface area (Å²) >= 11 is 0. The van der Waals surface area contributed by atoms with E-state index in [1.807, 2.05) is 31.2 Å². The van der Waals surface area contributed by atoms with E-state index in [2.05, 4.69) is 6.92 Å². The summed E-state index contributed by atoms with van der Waals surface area (Å²) in [5.74, 6) is 1.25. The quantitative estimate of drug-likeness (QED) is 0.442. The molecule has 1 aliphatic heterocycles. The van der Waals surface area contributed by atoms with E-state index in [4.69, 9.17) is 14.2 Å². The van der Waals surface area contributed by atoms with Crippen LogP contribution in [-0.2, 0) is 21.2 Å². The molecule has 1 unspecified atom stereocenters. The maximum Gasteiger partial charge on any atom is 0.206 e. The average molecular weight is 439 g/mol. The number of hydrogen-bond donors (Lipinski definition) is 0. The summed E-state index contributed by atoms with van der Waals surface area (Å²) in [4.78, 5) is 0.446. The normalized spacial score (nSPS) is 17.9. The van der Waals surface area contributed by atoms with E-state index in [1.165, 1.54) is 5.56 Å². The second kappa shape index (κ2) is 8.73. The molecule has 1 saturated heterocycles. The predicted molar refractivity (Wildman–Crippen MR) is 118 cm³/mol. The van der Waals surface area contributed by atoms with Crippen molar-refractivity contribution in [1.82, 2.24) is 0 Å². The summed E-state index contributed by atoms with van der Waals surface area (Å²) in [7, 11) is -3.62. The third-order valence-corrected chi connectivity index (χ3v) is 7.28. The molecule has 1 atom stereocenters. The van der Waals surface area contributed by atoms with Crippen LogP contribution in [0.25, 0.3) is 0 Å². The Hall–Kier alpha value is -2.83. The van der Waals surface area contributed by atoms with Gasteiger partial charge in [-0.05, 0) is 67.4 Å². The molecular weight excluding hydrogens is 412 g/mol. The highest BCUT2D eigenvalue weighted by atomic mass is 32.2. The molecule has 1 aliphatic rings. The number of benzene rings is 3. The Kier molecular flexibility index (Phi) is 6.03. The zero-order valence-electron chi connectivity index (χ0n) is 17.7. The third kappa shape index (κ3) is 5.09. The highest BCUT2D eigenvalue weighted by molar-refractivity contribution is 7.91. The van der Waals surface area contributed by atoms with Crippen LogP contribution in [0.2, 0.25) is 0 Å². The first-order chi connectivity index (χ1) is 14.9. The van der Waals surface area contributed by atoms with Gasteiger partial charge in [0.05, 0.1) is 16.4 Å². The van der Waals surface area contributed by atoms with Crippen molar-refractivity contribution in [3.63, 3.8) is 0 Å². The van der Waals surface area contributed by atoms with E-state index in [9.17, 15) is 8.42 Å². The van der Waals surface area contributed by atoms with Crippen molar-refractivity contribution in [2.45, 2.75) is 42.3 Å². The molecule has 31 heavy (non-hydrogen) atoms. The second-order valence-corrected chi connectivity index (χ2v) is 9.78. The fraction of sp³-hybridized carbons (Fsp3) is 0.280. The van der Waals surface area contributed by atoms with Crippen LogP contribution in [-0.4, -0.2) is 27.2 Å². The van der Waals surface area contributed by atoms with Crippen molar-refractivity contribution in [2.75, 3.05) is 13.2 Å². The zero-order valence-corrected chi connectivity index (χ0v) is 18.5. The highest BCUT2D eigenvalue weighted by Crippen LogP contribution is 2.32. The fourth-order valence-electron chi connectivity index (χ4n) is 3.12. The molecule has 4 rings (SSSR count). The molecule has 5 nitrogen and oxygen atoms in total. The number of sulfone groups is 1. The molecule has 162 valence electrons. The molecule has 0 radical (unpaired) electrons. The van der Waals surface area contributed by atoms with E-state index in [-0.39, 0.29) is 15.4 Å². The summed E-state index contributed by atoms with van der Waals surface area (Å²) < 4.78 is 42.8. The second-order valence-electron chi connectivity index (χ2n) is 7.83. The first kappa shape index (κ1) is 21.4. The van der Waals surface area contributed by atoms with Gasteiger partial charge in [0.15, 0.2) is 0 Å². The summed E-state index contributed by atoms with van der Waals surface area (Å²) in [5, 5.41) is 0. The first-order valence-corrected chi connectivity index (χ1v) is 11.8. The molecular formula is C25H26O5S. The molecule has 0 aromatic heterocycles. The molecule has 0 spiro atoms. The van der Waals surface area contributed by atoms with Crippen LogP contribution in [0.4, 0.5) is 0 Å². The number of rotatable bonds is 9. The highest BCUT2D eigenvalue weighted by Gasteiger charge is 2.43. The van der Waals surface area contributed by atoms with Gasteiger partial charge in [-0.3, -0.25) is 0 Å². The zero-order chi connectivity index (χ0) is 21.9. The van der Waals surface area contributed by atoms with Crippen molar-refractivity contribution >= 4 is 9.84 Å². The van der Waals surface area contributed by atoms with Crippen LogP contribution in [0.3, 0.4) is 0 Å². The lowest BCUT2D eigenvalue weighted by atomic mass is 10.1. The molecule has 3 aromatic rings. The first-order valence-electron chi connectivity index (χ1n) is 10.3. The summed E-state index contributed by atoms with van der Waals surface area (Å²) in [6, 6.07) is 21.1. The molecule has 3 aromatic carbocycles. The lowest BCUT2D eigenvalue weighted by molar-refractivity contribution is 0.185. The van der Waals surface area contributed by atoms with Gasteiger partial charge in [0.25, 0.3) is 0 Å². The van der Waals surface area contributed by atoms with Crippen molar-refractivity contribution < 1.29 is 22.6 Å². The Morgan fingerprint density at radius 1 is 0.839 bits per heavy atom. The Morgan fingerprint density at radius 2 is 1.35 bits per heavy atom. The Morgan fingerprint density at radius 3 is 1.84 bits per heavy atom. The average Bonchev–Trinajstić information content (AvgIpc) is 3.58. The van der Waals surface area contributed by atoms with Gasteiger partial charge < -0.3 is 14.2 Å². The maximum absolute atomic E-state index is 12.9. The van der Waals surface area contributed by atoms with E-state index in [1.54, 1.807) is 48.5 Å². The van der Waals surface area contributed by atoms with Crippen LogP contribution >= 0.6 is 0 Å². The van der Waals surface area contributed by atoms with Gasteiger partial charge >= 0.3 is 0 Å². The molecule has 0 saturated carbocycles. The van der Waals surface area contributed by atoms with Gasteiger partial charge in [0, 0.05) is 0 Å². The molecule has 0 N–H and O–H groups in total. The van der Waals surface area contributed by atoms with E-state index < -0.39 is 9.84 Å². The smallest absolute Gasteiger partial charge is 0.206 e. The number of aryl methyl sites for hydroxylation is 1. The molecule has 1 fully saturated rings. The summed E-state index contributed by atoms with van der Waals surface area (Å²) in [6.07, 6.45) is 0.893. The minimum Gasteiger partial charge on any atom is -0.490 e. The van der Waals surface area contributed by atoms with Crippen molar-refractivity contribution in [1.29, 1.82) is 0 Å². The van der Waals surface area contributed by atoms with Crippen molar-refractivity contribution in [2.24, 2.45) is 0 Å². The largest absolute Gasteiger partial charge is 0.490 e. The standard InChI is InChI=1S/C25H26O5S/c1-3-25(18-30-25)17-29-22-10-14-24(15-11-22)31(26,27)23-12-8-21(9-13-23)28-16-20-6-4-19(2)5-7-20/h4-15H,3,16-18H2,1-2H3. The molecule has 0 amide bonds. The van der Waals surface area contributed by atoms with Crippen molar-refractivity contribution in [3.8, 4) is 11.5 Å². The van der Waals surface area contributed by atoms with E-state index >= 15 is 0 Å². The number of ether oxygens (including phenoxy) is 3. The summed E-state index contributed by atoms with van der Waals surface area (Å²) in [5.41, 5.74) is 2.08. The molecule has 1 heterocycles. The third-order valence-electron chi connectivity index (χ3n) is 5.49. The van der Waals surface area contributed by atoms with Crippen LogP contribution in [0.15, 0.2) is 82.6 Å². The van der Waals surface area contributed by atoms with E-state index in [0.717, 1.165) is 12.0 Å². The van der Waals surface area contributed by atoms with Crippen molar-refractivity contribution in [3.05, 3.63) is 83.9 Å². The Labute approximate surface area is 183 Å².